The zero-order valence-electron chi connectivity index (χ0n) is 11.6. The molecule has 4 heteroatoms. The first kappa shape index (κ1) is 13.0. The van der Waals surface area contributed by atoms with Gasteiger partial charge >= 0.3 is 0 Å². The highest BCUT2D eigenvalue weighted by Crippen LogP contribution is 2.24. The van der Waals surface area contributed by atoms with Crippen LogP contribution in [0.3, 0.4) is 0 Å². The molecule has 1 aromatic carbocycles. The van der Waals surface area contributed by atoms with E-state index in [-0.39, 0.29) is 5.54 Å². The number of rotatable bonds is 3. The third-order valence-electron chi connectivity index (χ3n) is 4.03. The lowest BCUT2D eigenvalue weighted by atomic mass is 9.96. The Morgan fingerprint density at radius 2 is 2.26 bits per heavy atom. The SMILES string of the molecule is CCC1(C)CN(Cc2nc3ccccc3s2)CCN1. The standard InChI is InChI=1S/C15H21N3S/c1-3-15(2)11-18(9-8-16-15)10-14-17-12-6-4-5-7-13(12)19-14/h4-7,16H,3,8-11H2,1-2H3. The number of fused-ring (bicyclic) bond motifs is 1. The molecule has 0 saturated carbocycles. The average Bonchev–Trinajstić information content (AvgIpc) is 2.81. The van der Waals surface area contributed by atoms with Crippen LogP contribution in [0.5, 0.6) is 0 Å². The summed E-state index contributed by atoms with van der Waals surface area (Å²) in [6.45, 7) is 8.86. The smallest absolute Gasteiger partial charge is 0.108 e. The van der Waals surface area contributed by atoms with Crippen LogP contribution in [0, 0.1) is 0 Å². The third kappa shape index (κ3) is 2.81. The van der Waals surface area contributed by atoms with Crippen LogP contribution >= 0.6 is 11.3 Å². The molecule has 0 bridgehead atoms. The summed E-state index contributed by atoms with van der Waals surface area (Å²) in [4.78, 5) is 7.26. The second-order valence-electron chi connectivity index (χ2n) is 5.63. The Morgan fingerprint density at radius 1 is 1.42 bits per heavy atom. The average molecular weight is 275 g/mol. The lowest BCUT2D eigenvalue weighted by molar-refractivity contribution is 0.133. The summed E-state index contributed by atoms with van der Waals surface area (Å²) in [6, 6.07) is 8.40. The molecule has 0 spiro atoms. The predicted octanol–water partition coefficient (Wildman–Crippen LogP) is 2.87. The number of nitrogens with zero attached hydrogens (tertiary/aromatic N) is 2. The Kier molecular flexibility index (Phi) is 3.56. The first-order valence-electron chi connectivity index (χ1n) is 7.00. The van der Waals surface area contributed by atoms with Gasteiger partial charge in [-0.3, -0.25) is 4.90 Å². The molecule has 1 aliphatic rings. The number of nitrogens with one attached hydrogen (secondary N) is 1. The largest absolute Gasteiger partial charge is 0.309 e. The molecular weight excluding hydrogens is 254 g/mol. The Morgan fingerprint density at radius 3 is 3.05 bits per heavy atom. The minimum absolute atomic E-state index is 0.259. The molecule has 2 heterocycles. The van der Waals surface area contributed by atoms with Crippen molar-refractivity contribution in [3.63, 3.8) is 0 Å². The molecule has 1 N–H and O–H groups in total. The van der Waals surface area contributed by atoms with Crippen molar-refractivity contribution in [3.05, 3.63) is 29.3 Å². The first-order valence-corrected chi connectivity index (χ1v) is 7.82. The second kappa shape index (κ2) is 5.19. The van der Waals surface area contributed by atoms with Crippen LogP contribution < -0.4 is 5.32 Å². The van der Waals surface area contributed by atoms with E-state index in [0.717, 1.165) is 31.7 Å². The molecule has 1 atom stereocenters. The summed E-state index contributed by atoms with van der Waals surface area (Å²) in [5, 5.41) is 4.87. The van der Waals surface area contributed by atoms with Crippen LogP contribution in [0.25, 0.3) is 10.2 Å². The highest BCUT2D eigenvalue weighted by Gasteiger charge is 2.28. The number of hydrogen-bond donors (Lipinski definition) is 1. The minimum Gasteiger partial charge on any atom is -0.309 e. The predicted molar refractivity (Wildman–Crippen MR) is 81.6 cm³/mol. The van der Waals surface area contributed by atoms with Gasteiger partial charge in [-0.05, 0) is 25.5 Å². The van der Waals surface area contributed by atoms with Crippen molar-refractivity contribution in [2.45, 2.75) is 32.4 Å². The molecule has 1 aromatic heterocycles. The van der Waals surface area contributed by atoms with Gasteiger partial charge in [-0.1, -0.05) is 19.1 Å². The van der Waals surface area contributed by atoms with Gasteiger partial charge in [0.15, 0.2) is 0 Å². The van der Waals surface area contributed by atoms with Crippen LogP contribution in [0.15, 0.2) is 24.3 Å². The summed E-state index contributed by atoms with van der Waals surface area (Å²) >= 11 is 1.83. The van der Waals surface area contributed by atoms with Gasteiger partial charge in [-0.15, -0.1) is 11.3 Å². The zero-order chi connectivity index (χ0) is 13.3. The summed E-state index contributed by atoms with van der Waals surface area (Å²) in [5.41, 5.74) is 1.39. The van der Waals surface area contributed by atoms with Crippen molar-refractivity contribution in [3.8, 4) is 0 Å². The topological polar surface area (TPSA) is 28.2 Å². The quantitative estimate of drug-likeness (QED) is 0.933. The van der Waals surface area contributed by atoms with E-state index in [1.165, 1.54) is 16.1 Å². The fraction of sp³-hybridized carbons (Fsp3) is 0.533. The molecule has 1 fully saturated rings. The lowest BCUT2D eigenvalue weighted by Crippen LogP contribution is -2.58. The Labute approximate surface area is 118 Å². The van der Waals surface area contributed by atoms with E-state index < -0.39 is 0 Å². The van der Waals surface area contributed by atoms with E-state index in [4.69, 9.17) is 4.98 Å². The van der Waals surface area contributed by atoms with E-state index in [2.05, 4.69) is 48.3 Å². The van der Waals surface area contributed by atoms with Gasteiger partial charge in [-0.2, -0.15) is 0 Å². The molecule has 2 aromatic rings. The molecule has 0 amide bonds. The molecule has 3 rings (SSSR count). The molecule has 1 unspecified atom stereocenters. The number of benzene rings is 1. The number of thiazole rings is 1. The number of para-hydroxylation sites is 1. The highest BCUT2D eigenvalue weighted by atomic mass is 32.1. The minimum atomic E-state index is 0.259. The van der Waals surface area contributed by atoms with Crippen LogP contribution in [0.1, 0.15) is 25.3 Å². The van der Waals surface area contributed by atoms with Gasteiger partial charge in [0.2, 0.25) is 0 Å². The summed E-state index contributed by atoms with van der Waals surface area (Å²) in [5.74, 6) is 0. The monoisotopic (exact) mass is 275 g/mol. The Hall–Kier alpha value is -0.970. The van der Waals surface area contributed by atoms with E-state index in [1.807, 2.05) is 11.3 Å². The molecular formula is C15H21N3S. The number of piperazine rings is 1. The van der Waals surface area contributed by atoms with E-state index in [1.54, 1.807) is 0 Å². The zero-order valence-corrected chi connectivity index (χ0v) is 12.5. The van der Waals surface area contributed by atoms with Gasteiger partial charge in [0.25, 0.3) is 0 Å². The van der Waals surface area contributed by atoms with Gasteiger partial charge in [0.05, 0.1) is 16.8 Å². The Balaban J connectivity index is 1.74. The van der Waals surface area contributed by atoms with Crippen molar-refractivity contribution in [1.82, 2.24) is 15.2 Å². The van der Waals surface area contributed by atoms with Crippen molar-refractivity contribution in [2.75, 3.05) is 19.6 Å². The fourth-order valence-electron chi connectivity index (χ4n) is 2.69. The first-order chi connectivity index (χ1) is 9.18. The summed E-state index contributed by atoms with van der Waals surface area (Å²) < 4.78 is 1.30. The highest BCUT2D eigenvalue weighted by molar-refractivity contribution is 7.18. The van der Waals surface area contributed by atoms with E-state index >= 15 is 0 Å². The van der Waals surface area contributed by atoms with Gasteiger partial charge in [0.1, 0.15) is 5.01 Å². The maximum absolute atomic E-state index is 4.74. The van der Waals surface area contributed by atoms with Crippen LogP contribution in [0.4, 0.5) is 0 Å². The molecule has 1 saturated heterocycles. The van der Waals surface area contributed by atoms with Gasteiger partial charge < -0.3 is 5.32 Å². The van der Waals surface area contributed by atoms with Crippen molar-refractivity contribution in [2.24, 2.45) is 0 Å². The van der Waals surface area contributed by atoms with E-state index in [9.17, 15) is 0 Å². The number of aromatic nitrogens is 1. The molecule has 102 valence electrons. The molecule has 19 heavy (non-hydrogen) atoms. The van der Waals surface area contributed by atoms with Gasteiger partial charge in [-0.25, -0.2) is 4.98 Å². The maximum atomic E-state index is 4.74. The van der Waals surface area contributed by atoms with Crippen LogP contribution in [0.2, 0.25) is 0 Å². The maximum Gasteiger partial charge on any atom is 0.108 e. The summed E-state index contributed by atoms with van der Waals surface area (Å²) in [7, 11) is 0. The van der Waals surface area contributed by atoms with Crippen molar-refractivity contribution in [1.29, 1.82) is 0 Å². The molecule has 0 aliphatic carbocycles. The fourth-order valence-corrected chi connectivity index (χ4v) is 3.70. The summed E-state index contributed by atoms with van der Waals surface area (Å²) in [6.07, 6.45) is 1.17. The molecule has 1 aliphatic heterocycles. The van der Waals surface area contributed by atoms with Crippen molar-refractivity contribution < 1.29 is 0 Å². The lowest BCUT2D eigenvalue weighted by Gasteiger charge is -2.40. The molecule has 3 nitrogen and oxygen atoms in total. The van der Waals surface area contributed by atoms with Gasteiger partial charge in [0, 0.05) is 25.2 Å². The number of hydrogen-bond acceptors (Lipinski definition) is 4. The van der Waals surface area contributed by atoms with Crippen LogP contribution in [-0.4, -0.2) is 35.1 Å². The van der Waals surface area contributed by atoms with E-state index in [0.29, 0.717) is 0 Å². The third-order valence-corrected chi connectivity index (χ3v) is 5.05. The van der Waals surface area contributed by atoms with Crippen LogP contribution in [-0.2, 0) is 6.54 Å². The second-order valence-corrected chi connectivity index (χ2v) is 6.74. The molecule has 0 radical (unpaired) electrons. The Bertz CT molecular complexity index is 532. The normalized spacial score (nSPS) is 24.9. The van der Waals surface area contributed by atoms with Crippen molar-refractivity contribution >= 4 is 21.6 Å².